The van der Waals surface area contributed by atoms with Crippen LogP contribution < -0.4 is 10.5 Å². The van der Waals surface area contributed by atoms with Gasteiger partial charge in [0.15, 0.2) is 0 Å². The first-order valence-electron chi connectivity index (χ1n) is 5.29. The highest BCUT2D eigenvalue weighted by atomic mass is 16.2. The smallest absolute Gasteiger partial charge is 0.373 e. The summed E-state index contributed by atoms with van der Waals surface area (Å²) in [6.07, 6.45) is 4.06. The van der Waals surface area contributed by atoms with E-state index in [2.05, 4.69) is 10.5 Å². The lowest BCUT2D eigenvalue weighted by Crippen LogP contribution is -2.45. The highest BCUT2D eigenvalue weighted by Crippen LogP contribution is 2.18. The van der Waals surface area contributed by atoms with Gasteiger partial charge in [0, 0.05) is 13.0 Å². The van der Waals surface area contributed by atoms with Crippen molar-refractivity contribution in [3.8, 4) is 0 Å². The molecule has 3 N–H and O–H groups in total. The number of rotatable bonds is 3. The molecule has 0 atom stereocenters. The molecule has 1 amide bonds. The Labute approximate surface area is 85.6 Å². The van der Waals surface area contributed by atoms with Gasteiger partial charge in [-0.2, -0.15) is 0 Å². The molecule has 5 heteroatoms. The maximum Gasteiger partial charge on any atom is 0.373 e. The van der Waals surface area contributed by atoms with E-state index in [1.807, 2.05) is 0 Å². The Kier molecular flexibility index (Phi) is 4.42. The van der Waals surface area contributed by atoms with Crippen LogP contribution in [0, 0.1) is 0 Å². The van der Waals surface area contributed by atoms with Crippen LogP contribution in [0.2, 0.25) is 6.82 Å². The zero-order chi connectivity index (χ0) is 10.6. The van der Waals surface area contributed by atoms with Gasteiger partial charge in [0.1, 0.15) is 0 Å². The van der Waals surface area contributed by atoms with Crippen molar-refractivity contribution >= 4 is 13.0 Å². The largest absolute Gasteiger partial charge is 0.437 e. The number of carbonyl (C=O) groups excluding carboxylic acids is 1. The van der Waals surface area contributed by atoms with E-state index in [9.17, 15) is 4.79 Å². The Balaban J connectivity index is 2.21. The molecule has 1 saturated carbocycles. The van der Waals surface area contributed by atoms with E-state index in [0.717, 1.165) is 25.7 Å². The third-order valence-corrected chi connectivity index (χ3v) is 2.61. The molecule has 0 heterocycles. The summed E-state index contributed by atoms with van der Waals surface area (Å²) in [4.78, 5) is 10.8. The molecule has 1 rings (SSSR count). The summed E-state index contributed by atoms with van der Waals surface area (Å²) in [6.45, 7) is 3.29. The van der Waals surface area contributed by atoms with E-state index in [4.69, 9.17) is 5.02 Å². The van der Waals surface area contributed by atoms with Crippen molar-refractivity contribution in [3.05, 3.63) is 0 Å². The van der Waals surface area contributed by atoms with Crippen molar-refractivity contribution < 1.29 is 9.82 Å². The fourth-order valence-corrected chi connectivity index (χ4v) is 2.03. The topological polar surface area (TPSA) is 61.4 Å². The third-order valence-electron chi connectivity index (χ3n) is 2.61. The number of amides is 1. The normalized spacial score (nSPS) is 27.1. The summed E-state index contributed by atoms with van der Waals surface area (Å²) >= 11 is 0. The summed E-state index contributed by atoms with van der Waals surface area (Å²) in [5.74, 6) is 0.0527. The first-order valence-corrected chi connectivity index (χ1v) is 5.29. The number of carbonyl (C=O) groups is 1. The second-order valence-electron chi connectivity index (χ2n) is 4.09. The number of hydrogen-bond acceptors (Lipinski definition) is 3. The quantitative estimate of drug-likeness (QED) is 0.565. The van der Waals surface area contributed by atoms with Crippen molar-refractivity contribution in [3.63, 3.8) is 0 Å². The van der Waals surface area contributed by atoms with Crippen LogP contribution in [0.4, 0.5) is 0 Å². The minimum atomic E-state index is -0.433. The Morgan fingerprint density at radius 1 is 1.29 bits per heavy atom. The lowest BCUT2D eigenvalue weighted by molar-refractivity contribution is -0.119. The highest BCUT2D eigenvalue weighted by Gasteiger charge is 2.22. The first-order chi connectivity index (χ1) is 6.58. The van der Waals surface area contributed by atoms with Crippen LogP contribution in [0.3, 0.4) is 0 Å². The van der Waals surface area contributed by atoms with Crippen molar-refractivity contribution in [2.45, 2.75) is 51.5 Å². The summed E-state index contributed by atoms with van der Waals surface area (Å²) in [7, 11) is -0.433. The maximum atomic E-state index is 10.8. The molecular formula is C9H19BN2O2. The Hall–Kier alpha value is -0.545. The molecule has 0 unspecified atom stereocenters. The van der Waals surface area contributed by atoms with Crippen molar-refractivity contribution in [2.75, 3.05) is 0 Å². The molecule has 0 aromatic rings. The zero-order valence-electron chi connectivity index (χ0n) is 8.92. The molecule has 4 nitrogen and oxygen atoms in total. The van der Waals surface area contributed by atoms with Gasteiger partial charge in [0.25, 0.3) is 0 Å². The lowest BCUT2D eigenvalue weighted by Gasteiger charge is -2.29. The molecule has 0 saturated heterocycles. The zero-order valence-corrected chi connectivity index (χ0v) is 8.92. The Bertz CT molecular complexity index is 191. The minimum absolute atomic E-state index is 0.0527. The monoisotopic (exact) mass is 198 g/mol. The van der Waals surface area contributed by atoms with Crippen molar-refractivity contribution in [1.82, 2.24) is 10.5 Å². The fraction of sp³-hybridized carbons (Fsp3) is 0.889. The number of hydrogen-bond donors (Lipinski definition) is 3. The molecule has 0 aromatic carbocycles. The van der Waals surface area contributed by atoms with Crippen molar-refractivity contribution in [2.24, 2.45) is 0 Å². The Morgan fingerprint density at radius 3 is 2.21 bits per heavy atom. The van der Waals surface area contributed by atoms with Gasteiger partial charge in [-0.3, -0.25) is 4.79 Å². The molecule has 0 aromatic heterocycles. The summed E-state index contributed by atoms with van der Waals surface area (Å²) < 4.78 is 0. The fourth-order valence-electron chi connectivity index (χ4n) is 2.03. The van der Waals surface area contributed by atoms with Gasteiger partial charge in [0.05, 0.1) is 0 Å². The average Bonchev–Trinajstić information content (AvgIpc) is 2.06. The van der Waals surface area contributed by atoms with Crippen LogP contribution in [0.5, 0.6) is 0 Å². The molecular weight excluding hydrogens is 179 g/mol. The van der Waals surface area contributed by atoms with E-state index >= 15 is 0 Å². The van der Waals surface area contributed by atoms with Gasteiger partial charge in [-0.05, 0) is 38.5 Å². The average molecular weight is 198 g/mol. The molecule has 14 heavy (non-hydrogen) atoms. The SMILES string of the molecule is CB(O)NC1CCC(NC(C)=O)CC1. The van der Waals surface area contributed by atoms with Crippen LogP contribution in [-0.2, 0) is 4.79 Å². The Morgan fingerprint density at radius 2 is 1.79 bits per heavy atom. The van der Waals surface area contributed by atoms with E-state index in [0.29, 0.717) is 12.1 Å². The molecule has 1 fully saturated rings. The second kappa shape index (κ2) is 5.36. The molecule has 0 bridgehead atoms. The second-order valence-corrected chi connectivity index (χ2v) is 4.09. The summed E-state index contributed by atoms with van der Waals surface area (Å²) in [5.41, 5.74) is 0. The van der Waals surface area contributed by atoms with Gasteiger partial charge in [-0.15, -0.1) is 0 Å². The predicted molar refractivity (Wildman–Crippen MR) is 56.8 cm³/mol. The summed E-state index contributed by atoms with van der Waals surface area (Å²) in [6, 6.07) is 0.736. The van der Waals surface area contributed by atoms with Gasteiger partial charge in [-0.1, -0.05) is 0 Å². The predicted octanol–water partition coefficient (Wildman–Crippen LogP) is 0.134. The third kappa shape index (κ3) is 4.11. The van der Waals surface area contributed by atoms with Crippen LogP contribution in [-0.4, -0.2) is 30.1 Å². The van der Waals surface area contributed by atoms with E-state index < -0.39 is 7.05 Å². The number of nitrogens with one attached hydrogen (secondary N) is 2. The van der Waals surface area contributed by atoms with Gasteiger partial charge >= 0.3 is 7.05 Å². The molecule has 1 aliphatic rings. The standard InChI is InChI=1S/C9H19BN2O2/c1-7(13)11-8-3-5-9(6-4-8)12-10(2)14/h8-9,12,14H,3-6H2,1-2H3,(H,11,13). The van der Waals surface area contributed by atoms with Crippen LogP contribution in [0.1, 0.15) is 32.6 Å². The molecule has 0 radical (unpaired) electrons. The van der Waals surface area contributed by atoms with Crippen LogP contribution >= 0.6 is 0 Å². The van der Waals surface area contributed by atoms with Crippen molar-refractivity contribution in [1.29, 1.82) is 0 Å². The first kappa shape index (κ1) is 11.5. The lowest BCUT2D eigenvalue weighted by atomic mass is 9.82. The highest BCUT2D eigenvalue weighted by molar-refractivity contribution is 6.45. The van der Waals surface area contributed by atoms with Gasteiger partial charge in [-0.25, -0.2) is 0 Å². The van der Waals surface area contributed by atoms with Crippen LogP contribution in [0.25, 0.3) is 0 Å². The maximum absolute atomic E-state index is 10.8. The molecule has 80 valence electrons. The van der Waals surface area contributed by atoms with Crippen LogP contribution in [0.15, 0.2) is 0 Å². The molecule has 1 aliphatic carbocycles. The molecule has 0 spiro atoms. The van der Waals surface area contributed by atoms with Gasteiger partial charge in [0.2, 0.25) is 5.91 Å². The van der Waals surface area contributed by atoms with E-state index in [1.165, 1.54) is 0 Å². The van der Waals surface area contributed by atoms with E-state index in [1.54, 1.807) is 13.7 Å². The minimum Gasteiger partial charge on any atom is -0.437 e. The van der Waals surface area contributed by atoms with E-state index in [-0.39, 0.29) is 5.91 Å². The van der Waals surface area contributed by atoms with Gasteiger partial charge < -0.3 is 15.6 Å². The summed E-state index contributed by atoms with van der Waals surface area (Å²) in [5, 5.41) is 15.2. The molecule has 0 aliphatic heterocycles.